The maximum Gasteiger partial charge on any atom is 0.318 e. The van der Waals surface area contributed by atoms with Gasteiger partial charge in [0.05, 0.1) is 18.1 Å². The third-order valence-corrected chi connectivity index (χ3v) is 7.28. The van der Waals surface area contributed by atoms with Gasteiger partial charge in [-0.15, -0.1) is 0 Å². The summed E-state index contributed by atoms with van der Waals surface area (Å²) in [5.41, 5.74) is 2.30. The van der Waals surface area contributed by atoms with Crippen LogP contribution in [-0.2, 0) is 30.9 Å². The van der Waals surface area contributed by atoms with E-state index in [4.69, 9.17) is 9.47 Å². The standard InChI is InChI=1S/C25H25NO5S/c27-25(24(21-9-3-1-4-10-21)22-11-5-2-6-12-22)31-19-20-8-7-13-23(18-20)32(28,29)26-14-16-30-17-15-26/h1-13,18,24H,14-17,19H2. The highest BCUT2D eigenvalue weighted by Gasteiger charge is 2.27. The largest absolute Gasteiger partial charge is 0.460 e. The number of esters is 1. The Hall–Kier alpha value is -3.00. The van der Waals surface area contributed by atoms with Gasteiger partial charge in [-0.2, -0.15) is 4.31 Å². The van der Waals surface area contributed by atoms with Gasteiger partial charge in [-0.25, -0.2) is 8.42 Å². The van der Waals surface area contributed by atoms with Gasteiger partial charge >= 0.3 is 5.97 Å². The van der Waals surface area contributed by atoms with E-state index in [1.807, 2.05) is 60.7 Å². The van der Waals surface area contributed by atoms with Crippen molar-refractivity contribution in [1.29, 1.82) is 0 Å². The Morgan fingerprint density at radius 3 is 2.06 bits per heavy atom. The van der Waals surface area contributed by atoms with Gasteiger partial charge in [-0.1, -0.05) is 72.8 Å². The second-order valence-electron chi connectivity index (χ2n) is 7.53. The normalized spacial score (nSPS) is 14.9. The molecule has 3 aromatic carbocycles. The van der Waals surface area contributed by atoms with Gasteiger partial charge < -0.3 is 9.47 Å². The number of carbonyl (C=O) groups excluding carboxylic acids is 1. The fourth-order valence-corrected chi connectivity index (χ4v) is 5.20. The molecule has 0 N–H and O–H groups in total. The molecule has 1 saturated heterocycles. The summed E-state index contributed by atoms with van der Waals surface area (Å²) >= 11 is 0. The molecular formula is C25H25NO5S. The number of carbonyl (C=O) groups is 1. The minimum absolute atomic E-state index is 0.0124. The van der Waals surface area contributed by atoms with E-state index in [1.54, 1.807) is 24.3 Å². The summed E-state index contributed by atoms with van der Waals surface area (Å²) in [7, 11) is -3.61. The second kappa shape index (κ2) is 10.1. The summed E-state index contributed by atoms with van der Waals surface area (Å²) in [6, 6.07) is 25.5. The summed E-state index contributed by atoms with van der Waals surface area (Å²) in [5, 5.41) is 0. The molecule has 0 atom stereocenters. The Balaban J connectivity index is 1.51. The Morgan fingerprint density at radius 2 is 1.47 bits per heavy atom. The molecule has 0 saturated carbocycles. The van der Waals surface area contributed by atoms with Crippen LogP contribution in [0.5, 0.6) is 0 Å². The summed E-state index contributed by atoms with van der Waals surface area (Å²) in [6.07, 6.45) is 0. The molecule has 0 aromatic heterocycles. The highest BCUT2D eigenvalue weighted by Crippen LogP contribution is 2.27. The van der Waals surface area contributed by atoms with E-state index in [0.717, 1.165) is 11.1 Å². The second-order valence-corrected chi connectivity index (χ2v) is 9.46. The molecular weight excluding hydrogens is 426 g/mol. The molecule has 0 amide bonds. The van der Waals surface area contributed by atoms with Gasteiger partial charge in [0, 0.05) is 13.1 Å². The fraction of sp³-hybridized carbons (Fsp3) is 0.240. The van der Waals surface area contributed by atoms with Crippen LogP contribution in [0.2, 0.25) is 0 Å². The van der Waals surface area contributed by atoms with Crippen molar-refractivity contribution >= 4 is 16.0 Å². The average Bonchev–Trinajstić information content (AvgIpc) is 2.85. The maximum absolute atomic E-state index is 13.1. The highest BCUT2D eigenvalue weighted by atomic mass is 32.2. The minimum Gasteiger partial charge on any atom is -0.460 e. The Kier molecular flexibility index (Phi) is 6.99. The Morgan fingerprint density at radius 1 is 0.875 bits per heavy atom. The molecule has 0 aliphatic carbocycles. The lowest BCUT2D eigenvalue weighted by molar-refractivity contribution is -0.145. The molecule has 6 nitrogen and oxygen atoms in total. The average molecular weight is 452 g/mol. The SMILES string of the molecule is O=C(OCc1cccc(S(=O)(=O)N2CCOCC2)c1)C(c1ccccc1)c1ccccc1. The Bertz CT molecular complexity index is 1100. The number of ether oxygens (including phenoxy) is 2. The van der Waals surface area contributed by atoms with Crippen LogP contribution >= 0.6 is 0 Å². The number of rotatable bonds is 7. The monoisotopic (exact) mass is 451 g/mol. The smallest absolute Gasteiger partial charge is 0.318 e. The van der Waals surface area contributed by atoms with E-state index in [-0.39, 0.29) is 17.5 Å². The predicted octanol–water partition coefficient (Wildman–Crippen LogP) is 3.58. The van der Waals surface area contributed by atoms with Gasteiger partial charge in [0.1, 0.15) is 12.5 Å². The molecule has 0 bridgehead atoms. The van der Waals surface area contributed by atoms with E-state index in [1.165, 1.54) is 4.31 Å². The summed E-state index contributed by atoms with van der Waals surface area (Å²) < 4.78 is 38.2. The first-order chi connectivity index (χ1) is 15.6. The fourth-order valence-electron chi connectivity index (χ4n) is 3.73. The lowest BCUT2D eigenvalue weighted by Crippen LogP contribution is -2.40. The maximum atomic E-state index is 13.1. The molecule has 166 valence electrons. The van der Waals surface area contributed by atoms with Crippen LogP contribution in [0.1, 0.15) is 22.6 Å². The summed E-state index contributed by atoms with van der Waals surface area (Å²) in [4.78, 5) is 13.3. The van der Waals surface area contributed by atoms with Crippen LogP contribution < -0.4 is 0 Å². The van der Waals surface area contributed by atoms with E-state index in [0.29, 0.717) is 31.9 Å². The third kappa shape index (κ3) is 5.07. The topological polar surface area (TPSA) is 72.9 Å². The predicted molar refractivity (Wildman–Crippen MR) is 121 cm³/mol. The molecule has 1 fully saturated rings. The number of morpholine rings is 1. The van der Waals surface area contributed by atoms with Crippen LogP contribution in [0.25, 0.3) is 0 Å². The lowest BCUT2D eigenvalue weighted by atomic mass is 9.91. The quantitative estimate of drug-likeness (QED) is 0.514. The first-order valence-corrected chi connectivity index (χ1v) is 11.9. The van der Waals surface area contributed by atoms with Crippen LogP contribution in [0.3, 0.4) is 0 Å². The lowest BCUT2D eigenvalue weighted by Gasteiger charge is -2.26. The van der Waals surface area contributed by atoms with Crippen molar-refractivity contribution in [1.82, 2.24) is 4.31 Å². The Labute approximate surface area is 188 Å². The van der Waals surface area contributed by atoms with Crippen molar-refractivity contribution in [2.45, 2.75) is 17.4 Å². The van der Waals surface area contributed by atoms with Crippen molar-refractivity contribution in [3.63, 3.8) is 0 Å². The third-order valence-electron chi connectivity index (χ3n) is 5.39. The van der Waals surface area contributed by atoms with Gasteiger partial charge in [0.15, 0.2) is 0 Å². The van der Waals surface area contributed by atoms with E-state index >= 15 is 0 Å². The van der Waals surface area contributed by atoms with Crippen LogP contribution in [-0.4, -0.2) is 45.0 Å². The number of benzene rings is 3. The first-order valence-electron chi connectivity index (χ1n) is 10.5. The van der Waals surface area contributed by atoms with E-state index in [2.05, 4.69) is 0 Å². The van der Waals surface area contributed by atoms with Gasteiger partial charge in [0.2, 0.25) is 10.0 Å². The minimum atomic E-state index is -3.61. The first kappa shape index (κ1) is 22.2. The number of nitrogens with zero attached hydrogens (tertiary/aromatic N) is 1. The van der Waals surface area contributed by atoms with Crippen LogP contribution in [0.4, 0.5) is 0 Å². The zero-order valence-corrected chi connectivity index (χ0v) is 18.4. The van der Waals surface area contributed by atoms with Gasteiger partial charge in [0.25, 0.3) is 0 Å². The van der Waals surface area contributed by atoms with Gasteiger partial charge in [-0.05, 0) is 28.8 Å². The molecule has 1 aliphatic heterocycles. The van der Waals surface area contributed by atoms with Crippen LogP contribution in [0.15, 0.2) is 89.8 Å². The zero-order chi connectivity index (χ0) is 22.4. The molecule has 1 aliphatic rings. The molecule has 1 heterocycles. The highest BCUT2D eigenvalue weighted by molar-refractivity contribution is 7.89. The number of hydrogen-bond acceptors (Lipinski definition) is 5. The molecule has 3 aromatic rings. The van der Waals surface area contributed by atoms with E-state index in [9.17, 15) is 13.2 Å². The summed E-state index contributed by atoms with van der Waals surface area (Å²) in [6.45, 7) is 1.42. The molecule has 7 heteroatoms. The van der Waals surface area contributed by atoms with Crippen molar-refractivity contribution < 1.29 is 22.7 Å². The van der Waals surface area contributed by atoms with Gasteiger partial charge in [-0.3, -0.25) is 4.79 Å². The molecule has 32 heavy (non-hydrogen) atoms. The van der Waals surface area contributed by atoms with Crippen molar-refractivity contribution in [2.24, 2.45) is 0 Å². The number of hydrogen-bond donors (Lipinski definition) is 0. The number of sulfonamides is 1. The van der Waals surface area contributed by atoms with Crippen molar-refractivity contribution in [3.8, 4) is 0 Å². The molecule has 0 radical (unpaired) electrons. The molecule has 0 unspecified atom stereocenters. The van der Waals surface area contributed by atoms with Crippen molar-refractivity contribution in [2.75, 3.05) is 26.3 Å². The summed E-state index contributed by atoms with van der Waals surface area (Å²) in [5.74, 6) is -0.943. The molecule has 0 spiro atoms. The van der Waals surface area contributed by atoms with E-state index < -0.39 is 15.9 Å². The molecule has 4 rings (SSSR count). The zero-order valence-electron chi connectivity index (χ0n) is 17.6. The van der Waals surface area contributed by atoms with Crippen LogP contribution in [0, 0.1) is 0 Å². The van der Waals surface area contributed by atoms with Crippen molar-refractivity contribution in [3.05, 3.63) is 102 Å².